The minimum atomic E-state index is -0.447. The predicted molar refractivity (Wildman–Crippen MR) is 58.3 cm³/mol. The Balaban J connectivity index is 4.01. The second-order valence-corrected chi connectivity index (χ2v) is 4.38. The van der Waals surface area contributed by atoms with Gasteiger partial charge in [-0.15, -0.1) is 0 Å². The predicted octanol–water partition coefficient (Wildman–Crippen LogP) is 2.87. The van der Waals surface area contributed by atoms with E-state index in [0.29, 0.717) is 0 Å². The van der Waals surface area contributed by atoms with Crippen LogP contribution in [0.3, 0.4) is 0 Å². The Morgan fingerprint density at radius 3 is 2.36 bits per heavy atom. The normalized spacial score (nSPS) is 13.2. The summed E-state index contributed by atoms with van der Waals surface area (Å²) in [6.45, 7) is 13.3. The van der Waals surface area contributed by atoms with Gasteiger partial charge in [0.25, 0.3) is 0 Å². The van der Waals surface area contributed by atoms with Crippen LogP contribution in [-0.2, 0) is 4.74 Å². The van der Waals surface area contributed by atoms with Crippen LogP contribution in [0.25, 0.3) is 0 Å². The molecular weight excluding hydrogens is 178 g/mol. The van der Waals surface area contributed by atoms with Crippen LogP contribution in [0.5, 0.6) is 0 Å². The zero-order chi connectivity index (χ0) is 11.4. The highest BCUT2D eigenvalue weighted by Gasteiger charge is 2.17. The molecule has 1 amide bonds. The standard InChI is InChI=1S/C11H21NO2/c1-7-8(2)9(3)12-10(13)14-11(4,5)6/h9H,2,7H2,1,3-6H3,(H,12,13). The summed E-state index contributed by atoms with van der Waals surface area (Å²) in [5.74, 6) is 0. The summed E-state index contributed by atoms with van der Waals surface area (Å²) in [6.07, 6.45) is 0.469. The third-order valence-electron chi connectivity index (χ3n) is 1.80. The molecule has 0 aliphatic rings. The zero-order valence-electron chi connectivity index (χ0n) is 9.81. The largest absolute Gasteiger partial charge is 0.444 e. The molecule has 3 nitrogen and oxygen atoms in total. The number of hydrogen-bond acceptors (Lipinski definition) is 2. The zero-order valence-corrected chi connectivity index (χ0v) is 9.81. The van der Waals surface area contributed by atoms with Crippen LogP contribution in [0.1, 0.15) is 41.0 Å². The van der Waals surface area contributed by atoms with Gasteiger partial charge in [-0.3, -0.25) is 0 Å². The maximum Gasteiger partial charge on any atom is 0.408 e. The molecule has 0 rings (SSSR count). The van der Waals surface area contributed by atoms with Crippen molar-refractivity contribution in [3.63, 3.8) is 0 Å². The molecule has 0 radical (unpaired) electrons. The first-order valence-corrected chi connectivity index (χ1v) is 4.93. The summed E-state index contributed by atoms with van der Waals surface area (Å²) in [5, 5.41) is 2.73. The van der Waals surface area contributed by atoms with Crippen molar-refractivity contribution in [1.29, 1.82) is 0 Å². The average Bonchev–Trinajstić information content (AvgIpc) is 1.99. The second kappa shape index (κ2) is 5.03. The minimum Gasteiger partial charge on any atom is -0.444 e. The summed E-state index contributed by atoms with van der Waals surface area (Å²) in [5.41, 5.74) is 0.549. The molecule has 0 saturated heterocycles. The Bertz CT molecular complexity index is 216. The van der Waals surface area contributed by atoms with Crippen LogP contribution >= 0.6 is 0 Å². The molecular formula is C11H21NO2. The van der Waals surface area contributed by atoms with Gasteiger partial charge in [-0.05, 0) is 34.1 Å². The van der Waals surface area contributed by atoms with Crippen molar-refractivity contribution in [3.05, 3.63) is 12.2 Å². The smallest absolute Gasteiger partial charge is 0.408 e. The van der Waals surface area contributed by atoms with E-state index in [1.54, 1.807) is 0 Å². The van der Waals surface area contributed by atoms with Crippen molar-refractivity contribution in [2.24, 2.45) is 0 Å². The first kappa shape index (κ1) is 13.0. The number of nitrogens with one attached hydrogen (secondary N) is 1. The molecule has 0 aliphatic carbocycles. The van der Waals surface area contributed by atoms with Crippen LogP contribution in [-0.4, -0.2) is 17.7 Å². The highest BCUT2D eigenvalue weighted by atomic mass is 16.6. The van der Waals surface area contributed by atoms with Crippen molar-refractivity contribution >= 4 is 6.09 Å². The molecule has 1 N–H and O–H groups in total. The molecule has 0 bridgehead atoms. The molecule has 0 aromatic heterocycles. The van der Waals surface area contributed by atoms with Crippen LogP contribution in [0.15, 0.2) is 12.2 Å². The van der Waals surface area contributed by atoms with Crippen molar-refractivity contribution < 1.29 is 9.53 Å². The van der Waals surface area contributed by atoms with Crippen LogP contribution in [0.4, 0.5) is 4.79 Å². The van der Waals surface area contributed by atoms with E-state index in [4.69, 9.17) is 4.74 Å². The second-order valence-electron chi connectivity index (χ2n) is 4.38. The molecule has 0 aromatic carbocycles. The fourth-order valence-electron chi connectivity index (χ4n) is 0.893. The van der Waals surface area contributed by atoms with Gasteiger partial charge in [0.05, 0.1) is 6.04 Å². The van der Waals surface area contributed by atoms with E-state index in [2.05, 4.69) is 11.9 Å². The Hall–Kier alpha value is -0.990. The van der Waals surface area contributed by atoms with E-state index in [1.807, 2.05) is 34.6 Å². The Labute approximate surface area is 86.5 Å². The molecule has 0 fully saturated rings. The quantitative estimate of drug-likeness (QED) is 0.710. The van der Waals surface area contributed by atoms with Crippen molar-refractivity contribution in [1.82, 2.24) is 5.32 Å². The number of carbonyl (C=O) groups excluding carboxylic acids is 1. The number of amides is 1. The molecule has 0 saturated carbocycles. The first-order valence-electron chi connectivity index (χ1n) is 4.93. The van der Waals surface area contributed by atoms with Crippen molar-refractivity contribution in [3.8, 4) is 0 Å². The molecule has 1 atom stereocenters. The summed E-state index contributed by atoms with van der Waals surface area (Å²) in [6, 6.07) is -0.0325. The SMILES string of the molecule is C=C(CC)C(C)NC(=O)OC(C)(C)C. The molecule has 3 heteroatoms. The van der Waals surface area contributed by atoms with Crippen LogP contribution < -0.4 is 5.32 Å². The number of rotatable bonds is 3. The molecule has 0 spiro atoms. The van der Waals surface area contributed by atoms with Gasteiger partial charge < -0.3 is 10.1 Å². The van der Waals surface area contributed by atoms with Crippen LogP contribution in [0, 0.1) is 0 Å². The fourth-order valence-corrected chi connectivity index (χ4v) is 0.893. The van der Waals surface area contributed by atoms with Gasteiger partial charge >= 0.3 is 6.09 Å². The van der Waals surface area contributed by atoms with E-state index in [0.717, 1.165) is 12.0 Å². The lowest BCUT2D eigenvalue weighted by molar-refractivity contribution is 0.0515. The minimum absolute atomic E-state index is 0.0325. The first-order chi connectivity index (χ1) is 6.26. The van der Waals surface area contributed by atoms with E-state index >= 15 is 0 Å². The van der Waals surface area contributed by atoms with Crippen molar-refractivity contribution in [2.75, 3.05) is 0 Å². The summed E-state index contributed by atoms with van der Waals surface area (Å²) >= 11 is 0. The summed E-state index contributed by atoms with van der Waals surface area (Å²) in [4.78, 5) is 11.3. The topological polar surface area (TPSA) is 38.3 Å². The maximum atomic E-state index is 11.3. The van der Waals surface area contributed by atoms with Gasteiger partial charge in [0.2, 0.25) is 0 Å². The van der Waals surface area contributed by atoms with Crippen molar-refractivity contribution in [2.45, 2.75) is 52.7 Å². The highest BCUT2D eigenvalue weighted by molar-refractivity contribution is 5.68. The number of carbonyl (C=O) groups is 1. The van der Waals surface area contributed by atoms with Gasteiger partial charge in [-0.25, -0.2) is 4.79 Å². The Morgan fingerprint density at radius 1 is 1.50 bits per heavy atom. The third kappa shape index (κ3) is 5.62. The highest BCUT2D eigenvalue weighted by Crippen LogP contribution is 2.08. The lowest BCUT2D eigenvalue weighted by Gasteiger charge is -2.22. The Morgan fingerprint density at radius 2 is 2.00 bits per heavy atom. The van der Waals surface area contributed by atoms with E-state index in [9.17, 15) is 4.79 Å². The summed E-state index contributed by atoms with van der Waals surface area (Å²) < 4.78 is 5.11. The van der Waals surface area contributed by atoms with Gasteiger partial charge in [0, 0.05) is 0 Å². The molecule has 0 aromatic rings. The van der Waals surface area contributed by atoms with E-state index < -0.39 is 5.60 Å². The van der Waals surface area contributed by atoms with Crippen LogP contribution in [0.2, 0.25) is 0 Å². The van der Waals surface area contributed by atoms with Gasteiger partial charge in [-0.2, -0.15) is 0 Å². The van der Waals surface area contributed by atoms with E-state index in [-0.39, 0.29) is 12.1 Å². The van der Waals surface area contributed by atoms with Gasteiger partial charge in [0.1, 0.15) is 5.60 Å². The Kier molecular flexibility index (Phi) is 4.68. The molecule has 0 aliphatic heterocycles. The van der Waals surface area contributed by atoms with Gasteiger partial charge in [-0.1, -0.05) is 19.1 Å². The molecule has 0 heterocycles. The average molecular weight is 199 g/mol. The monoisotopic (exact) mass is 199 g/mol. The molecule has 14 heavy (non-hydrogen) atoms. The maximum absolute atomic E-state index is 11.3. The lowest BCUT2D eigenvalue weighted by atomic mass is 10.1. The number of alkyl carbamates (subject to hydrolysis) is 1. The number of hydrogen-bond donors (Lipinski definition) is 1. The molecule has 82 valence electrons. The molecule has 1 unspecified atom stereocenters. The lowest BCUT2D eigenvalue weighted by Crippen LogP contribution is -2.38. The van der Waals surface area contributed by atoms with E-state index in [1.165, 1.54) is 0 Å². The number of ether oxygens (including phenoxy) is 1. The summed E-state index contributed by atoms with van der Waals surface area (Å²) in [7, 11) is 0. The van der Waals surface area contributed by atoms with Gasteiger partial charge in [0.15, 0.2) is 0 Å². The fraction of sp³-hybridized carbons (Fsp3) is 0.727. The third-order valence-corrected chi connectivity index (χ3v) is 1.80.